The van der Waals surface area contributed by atoms with Crippen LogP contribution in [0.15, 0.2) is 0 Å². The van der Waals surface area contributed by atoms with Crippen LogP contribution in [0.3, 0.4) is 0 Å². The van der Waals surface area contributed by atoms with Gasteiger partial charge in [0.05, 0.1) is 16.6 Å². The Morgan fingerprint density at radius 3 is 2.37 bits per heavy atom. The highest BCUT2D eigenvalue weighted by Crippen LogP contribution is 2.17. The van der Waals surface area contributed by atoms with Gasteiger partial charge in [0.15, 0.2) is 15.6 Å². The van der Waals surface area contributed by atoms with E-state index in [4.69, 9.17) is 4.74 Å². The summed E-state index contributed by atoms with van der Waals surface area (Å²) in [7, 11) is -3.22. The third kappa shape index (κ3) is 5.58. The zero-order valence-electron chi connectivity index (χ0n) is 12.1. The molecule has 5 nitrogen and oxygen atoms in total. The van der Waals surface area contributed by atoms with Crippen molar-refractivity contribution in [3.05, 3.63) is 0 Å². The Kier molecular flexibility index (Phi) is 5.95. The standard InChI is InChI=1S/C13H25NO4S/c1-13(2,3)19(16,17)9-6-11(15)10-18-12-4-7-14-8-5-12/h12,14H,4-10H2,1-3H3. The zero-order chi connectivity index (χ0) is 14.5. The average Bonchev–Trinajstić information content (AvgIpc) is 2.34. The summed E-state index contributed by atoms with van der Waals surface area (Å²) in [6, 6.07) is 0. The Labute approximate surface area is 116 Å². The molecule has 0 spiro atoms. The maximum absolute atomic E-state index is 11.9. The van der Waals surface area contributed by atoms with E-state index in [1.807, 2.05) is 0 Å². The number of ketones is 1. The van der Waals surface area contributed by atoms with E-state index in [9.17, 15) is 13.2 Å². The predicted molar refractivity (Wildman–Crippen MR) is 75.0 cm³/mol. The topological polar surface area (TPSA) is 72.5 Å². The summed E-state index contributed by atoms with van der Waals surface area (Å²) in [5.74, 6) is -0.225. The number of nitrogens with one attached hydrogen (secondary N) is 1. The van der Waals surface area contributed by atoms with Gasteiger partial charge in [0, 0.05) is 6.42 Å². The number of hydrogen-bond acceptors (Lipinski definition) is 5. The van der Waals surface area contributed by atoms with Gasteiger partial charge in [-0.25, -0.2) is 8.42 Å². The maximum atomic E-state index is 11.9. The van der Waals surface area contributed by atoms with Crippen LogP contribution in [0.4, 0.5) is 0 Å². The highest BCUT2D eigenvalue weighted by atomic mass is 32.2. The molecule has 0 unspecified atom stereocenters. The van der Waals surface area contributed by atoms with Crippen LogP contribution in [0.1, 0.15) is 40.0 Å². The fourth-order valence-corrected chi connectivity index (χ4v) is 2.91. The second-order valence-electron chi connectivity index (χ2n) is 5.98. The molecule has 19 heavy (non-hydrogen) atoms. The minimum Gasteiger partial charge on any atom is -0.370 e. The van der Waals surface area contributed by atoms with Crippen molar-refractivity contribution < 1.29 is 17.9 Å². The monoisotopic (exact) mass is 291 g/mol. The van der Waals surface area contributed by atoms with Gasteiger partial charge in [0.2, 0.25) is 0 Å². The summed E-state index contributed by atoms with van der Waals surface area (Å²) in [5, 5.41) is 3.22. The molecule has 1 N–H and O–H groups in total. The second-order valence-corrected chi connectivity index (χ2v) is 8.84. The summed E-state index contributed by atoms with van der Waals surface area (Å²) >= 11 is 0. The molecule has 6 heteroatoms. The van der Waals surface area contributed by atoms with Crippen LogP contribution in [-0.2, 0) is 19.4 Å². The van der Waals surface area contributed by atoms with Crippen molar-refractivity contribution in [2.45, 2.75) is 50.9 Å². The summed E-state index contributed by atoms with van der Waals surface area (Å²) in [6.45, 7) is 6.81. The normalized spacial score (nSPS) is 18.5. The van der Waals surface area contributed by atoms with Crippen molar-refractivity contribution in [1.29, 1.82) is 0 Å². The Morgan fingerprint density at radius 2 is 1.84 bits per heavy atom. The van der Waals surface area contributed by atoms with Gasteiger partial charge in [-0.3, -0.25) is 4.79 Å². The van der Waals surface area contributed by atoms with Crippen molar-refractivity contribution >= 4 is 15.6 Å². The lowest BCUT2D eigenvalue weighted by Gasteiger charge is -2.22. The van der Waals surface area contributed by atoms with Crippen LogP contribution in [0.5, 0.6) is 0 Å². The molecular weight excluding hydrogens is 266 g/mol. The lowest BCUT2D eigenvalue weighted by atomic mass is 10.1. The molecule has 0 aromatic rings. The van der Waals surface area contributed by atoms with Crippen molar-refractivity contribution in [3.8, 4) is 0 Å². The molecule has 1 rings (SSSR count). The van der Waals surface area contributed by atoms with Gasteiger partial charge in [-0.1, -0.05) is 0 Å². The fraction of sp³-hybridized carbons (Fsp3) is 0.923. The van der Waals surface area contributed by atoms with Crippen LogP contribution in [-0.4, -0.2) is 50.5 Å². The lowest BCUT2D eigenvalue weighted by Crippen LogP contribution is -2.34. The van der Waals surface area contributed by atoms with Gasteiger partial charge in [-0.15, -0.1) is 0 Å². The number of rotatable bonds is 6. The highest BCUT2D eigenvalue weighted by Gasteiger charge is 2.29. The van der Waals surface area contributed by atoms with E-state index < -0.39 is 14.6 Å². The van der Waals surface area contributed by atoms with Crippen LogP contribution in [0.25, 0.3) is 0 Å². The van der Waals surface area contributed by atoms with E-state index in [2.05, 4.69) is 5.32 Å². The Hall–Kier alpha value is -0.460. The van der Waals surface area contributed by atoms with E-state index in [1.165, 1.54) is 0 Å². The van der Waals surface area contributed by atoms with Crippen molar-refractivity contribution in [2.24, 2.45) is 0 Å². The van der Waals surface area contributed by atoms with E-state index in [-0.39, 0.29) is 30.7 Å². The summed E-state index contributed by atoms with van der Waals surface area (Å²) in [5.41, 5.74) is 0. The Balaban J connectivity index is 2.28. The number of ether oxygens (including phenoxy) is 1. The quantitative estimate of drug-likeness (QED) is 0.788. The molecule has 1 fully saturated rings. The second kappa shape index (κ2) is 6.81. The number of carbonyl (C=O) groups excluding carboxylic acids is 1. The fourth-order valence-electron chi connectivity index (χ4n) is 1.80. The van der Waals surface area contributed by atoms with E-state index in [1.54, 1.807) is 20.8 Å². The molecule has 0 aromatic heterocycles. The molecule has 0 bridgehead atoms. The van der Waals surface area contributed by atoms with Gasteiger partial charge in [0.25, 0.3) is 0 Å². The zero-order valence-corrected chi connectivity index (χ0v) is 12.9. The maximum Gasteiger partial charge on any atom is 0.159 e. The first kappa shape index (κ1) is 16.6. The third-order valence-corrected chi connectivity index (χ3v) is 5.96. The van der Waals surface area contributed by atoms with Gasteiger partial charge in [-0.2, -0.15) is 0 Å². The minimum atomic E-state index is -3.22. The molecule has 0 amide bonds. The third-order valence-electron chi connectivity index (χ3n) is 3.35. The smallest absolute Gasteiger partial charge is 0.159 e. The first-order chi connectivity index (χ1) is 8.72. The largest absolute Gasteiger partial charge is 0.370 e. The number of hydrogen-bond donors (Lipinski definition) is 1. The number of piperidine rings is 1. The van der Waals surface area contributed by atoms with E-state index in [0.717, 1.165) is 25.9 Å². The molecular formula is C13H25NO4S. The van der Waals surface area contributed by atoms with Crippen LogP contribution in [0, 0.1) is 0 Å². The Morgan fingerprint density at radius 1 is 1.26 bits per heavy atom. The molecule has 1 aliphatic heterocycles. The number of Topliss-reactive ketones (excluding diaryl/α,β-unsaturated/α-hetero) is 1. The molecule has 112 valence electrons. The molecule has 1 aliphatic rings. The van der Waals surface area contributed by atoms with Crippen molar-refractivity contribution in [2.75, 3.05) is 25.4 Å². The first-order valence-corrected chi connectivity index (χ1v) is 8.44. The summed E-state index contributed by atoms with van der Waals surface area (Å²) in [4.78, 5) is 11.7. The molecule has 0 radical (unpaired) electrons. The highest BCUT2D eigenvalue weighted by molar-refractivity contribution is 7.92. The summed E-state index contributed by atoms with van der Waals surface area (Å²) in [6.07, 6.45) is 2.00. The molecule has 0 aromatic carbocycles. The summed E-state index contributed by atoms with van der Waals surface area (Å²) < 4.78 is 28.4. The van der Waals surface area contributed by atoms with Gasteiger partial charge in [-0.05, 0) is 46.7 Å². The predicted octanol–water partition coefficient (Wildman–Crippen LogP) is 0.927. The van der Waals surface area contributed by atoms with Gasteiger partial charge in [0.1, 0.15) is 6.61 Å². The van der Waals surface area contributed by atoms with E-state index in [0.29, 0.717) is 0 Å². The van der Waals surface area contributed by atoms with Crippen LogP contribution in [0.2, 0.25) is 0 Å². The SMILES string of the molecule is CC(C)(C)S(=O)(=O)CCC(=O)COC1CCNCC1. The van der Waals surface area contributed by atoms with Crippen LogP contribution >= 0.6 is 0 Å². The van der Waals surface area contributed by atoms with Gasteiger partial charge < -0.3 is 10.1 Å². The molecule has 1 saturated heterocycles. The molecule has 0 saturated carbocycles. The average molecular weight is 291 g/mol. The molecule has 0 atom stereocenters. The van der Waals surface area contributed by atoms with E-state index >= 15 is 0 Å². The minimum absolute atomic E-state index is 0.0321. The van der Waals surface area contributed by atoms with Crippen molar-refractivity contribution in [1.82, 2.24) is 5.32 Å². The van der Waals surface area contributed by atoms with Crippen molar-refractivity contribution in [3.63, 3.8) is 0 Å². The molecule has 1 heterocycles. The number of sulfone groups is 1. The number of carbonyl (C=O) groups is 1. The molecule has 0 aliphatic carbocycles. The first-order valence-electron chi connectivity index (χ1n) is 6.79. The lowest BCUT2D eigenvalue weighted by molar-refractivity contribution is -0.125. The van der Waals surface area contributed by atoms with Crippen LogP contribution < -0.4 is 5.32 Å². The Bertz CT molecular complexity index is 391. The van der Waals surface area contributed by atoms with Gasteiger partial charge >= 0.3 is 0 Å².